The molecule has 45 heavy (non-hydrogen) atoms. The van der Waals surface area contributed by atoms with E-state index in [2.05, 4.69) is 22.4 Å². The number of carbonyl (C=O) groups excluding carboxylic acids is 2. The number of aliphatic hydroxyl groups excluding tert-OH is 1. The van der Waals surface area contributed by atoms with Gasteiger partial charge < -0.3 is 44.7 Å². The Balaban J connectivity index is 1.52. The Morgan fingerprint density at radius 2 is 1.76 bits per heavy atom. The highest BCUT2D eigenvalue weighted by atomic mass is 16.8. The molecule has 5 bridgehead atoms. The van der Waals surface area contributed by atoms with Gasteiger partial charge in [0, 0.05) is 18.2 Å². The number of amides is 1. The maximum absolute atomic E-state index is 13.7. The summed E-state index contributed by atoms with van der Waals surface area (Å²) in [4.78, 5) is 29.9. The molecule has 5 heterocycles. The summed E-state index contributed by atoms with van der Waals surface area (Å²) in [7, 11) is 0. The van der Waals surface area contributed by atoms with Gasteiger partial charge in [0.2, 0.25) is 5.79 Å². The number of hydrogen-bond acceptors (Lipinski definition) is 11. The van der Waals surface area contributed by atoms with E-state index in [9.17, 15) is 35.1 Å². The summed E-state index contributed by atoms with van der Waals surface area (Å²) in [5.74, 6) is -7.78. The van der Waals surface area contributed by atoms with Gasteiger partial charge in [-0.15, -0.1) is 0 Å². The quantitative estimate of drug-likeness (QED) is 0.127. The van der Waals surface area contributed by atoms with Crippen LogP contribution in [0.1, 0.15) is 67.8 Å². The molecule has 13 heteroatoms. The number of fused-ring (bicyclic) bond motifs is 4. The average molecular weight is 626 g/mol. The van der Waals surface area contributed by atoms with Crippen LogP contribution in [-0.2, 0) is 14.2 Å². The molecule has 2 aromatic rings. The molecule has 0 radical (unpaired) electrons. The van der Waals surface area contributed by atoms with Gasteiger partial charge >= 0.3 is 5.97 Å². The monoisotopic (exact) mass is 625 g/mol. The van der Waals surface area contributed by atoms with Crippen molar-refractivity contribution in [3.8, 4) is 0 Å². The first kappa shape index (κ1) is 30.5. The van der Waals surface area contributed by atoms with Gasteiger partial charge in [0.15, 0.2) is 23.2 Å². The second kappa shape index (κ2) is 8.81. The number of hydrogen-bond donors (Lipinski definition) is 8. The van der Waals surface area contributed by atoms with Crippen molar-refractivity contribution in [1.82, 2.24) is 15.8 Å². The molecular formula is C32H39N3O10. The van der Waals surface area contributed by atoms with Crippen molar-refractivity contribution in [2.45, 2.75) is 93.3 Å². The Morgan fingerprint density at radius 1 is 1.07 bits per heavy atom. The Hall–Kier alpha value is -3.14. The molecule has 8 N–H and O–H groups in total. The summed E-state index contributed by atoms with van der Waals surface area (Å²) in [5.41, 5.74) is -7.57. The summed E-state index contributed by atoms with van der Waals surface area (Å²) in [6, 6.07) is 11.2. The van der Waals surface area contributed by atoms with E-state index in [1.807, 2.05) is 0 Å². The first-order chi connectivity index (χ1) is 21.0. The van der Waals surface area contributed by atoms with Gasteiger partial charge in [0.25, 0.3) is 5.91 Å². The maximum atomic E-state index is 13.7. The molecule has 1 spiro atoms. The van der Waals surface area contributed by atoms with Crippen LogP contribution in [0, 0.1) is 16.7 Å². The number of hydrazine groups is 1. The van der Waals surface area contributed by atoms with Crippen molar-refractivity contribution in [3.05, 3.63) is 72.1 Å². The van der Waals surface area contributed by atoms with Crippen LogP contribution in [0.25, 0.3) is 0 Å². The number of H-pyrrole nitrogens is 1. The predicted octanol–water partition coefficient (Wildman–Crippen LogP) is 0.606. The van der Waals surface area contributed by atoms with E-state index in [0.717, 1.165) is 0 Å². The number of nitrogens with one attached hydrogen (secondary N) is 3. The van der Waals surface area contributed by atoms with E-state index >= 15 is 0 Å². The minimum atomic E-state index is -2.86. The second-order valence-corrected chi connectivity index (χ2v) is 14.0. The Kier molecular flexibility index (Phi) is 5.97. The lowest BCUT2D eigenvalue weighted by atomic mass is 9.43. The number of aromatic amines is 1. The first-order valence-corrected chi connectivity index (χ1v) is 15.1. The van der Waals surface area contributed by atoms with Gasteiger partial charge in [0.1, 0.15) is 28.4 Å². The van der Waals surface area contributed by atoms with Crippen LogP contribution in [0.15, 0.2) is 60.8 Å². The van der Waals surface area contributed by atoms with E-state index in [0.29, 0.717) is 0 Å². The summed E-state index contributed by atoms with van der Waals surface area (Å²) < 4.78 is 19.1. The van der Waals surface area contributed by atoms with Crippen molar-refractivity contribution in [1.29, 1.82) is 0 Å². The molecule has 1 aliphatic carbocycles. The molecule has 242 valence electrons. The van der Waals surface area contributed by atoms with Gasteiger partial charge in [0.05, 0.1) is 5.41 Å². The zero-order chi connectivity index (χ0) is 32.6. The normalized spacial score (nSPS) is 47.6. The summed E-state index contributed by atoms with van der Waals surface area (Å²) >= 11 is 0. The van der Waals surface area contributed by atoms with Gasteiger partial charge in [-0.2, -0.15) is 5.43 Å². The predicted molar refractivity (Wildman–Crippen MR) is 155 cm³/mol. The Labute approximate surface area is 259 Å². The third-order valence-corrected chi connectivity index (χ3v) is 12.0. The summed E-state index contributed by atoms with van der Waals surface area (Å²) in [6.07, 6.45) is -2.54. The molecule has 5 aliphatic rings. The number of esters is 1. The molecule has 4 saturated heterocycles. The fraction of sp³-hybridized carbons (Fsp3) is 0.562. The standard InChI is InChI=1S/C32H39N3O10/c1-17(2)29(41)24(43-23(38)20-12-9-15-33-20)31(35-34-22(37)19-10-7-6-8-11-19)25(4)16-28(40)26(29,5)32(42,45-31)30(44-28)21(36)18(3)13-14-27(25,30)39/h6-12,15,17,21,24,33,35-36,39-42H,3,13-14,16H2,1-2,4-5H3,(H,34,37)/t21-,24-,25+,26+,27+,28+,29-,30-,31+,32-/m1/s1. The van der Waals surface area contributed by atoms with Gasteiger partial charge in [-0.05, 0) is 55.5 Å². The van der Waals surface area contributed by atoms with Crippen molar-refractivity contribution in [2.24, 2.45) is 16.7 Å². The fourth-order valence-electron chi connectivity index (χ4n) is 9.56. The minimum Gasteiger partial charge on any atom is -0.450 e. The number of carbonyl (C=O) groups is 2. The molecule has 1 aromatic carbocycles. The summed E-state index contributed by atoms with van der Waals surface area (Å²) in [5, 5.41) is 63.4. The fourth-order valence-corrected chi connectivity index (χ4v) is 9.56. The van der Waals surface area contributed by atoms with Gasteiger partial charge in [-0.1, -0.05) is 45.5 Å². The topological polar surface area (TPSA) is 203 Å². The van der Waals surface area contributed by atoms with Crippen LogP contribution in [0.4, 0.5) is 0 Å². The molecular weight excluding hydrogens is 586 g/mol. The van der Waals surface area contributed by atoms with E-state index in [4.69, 9.17) is 14.2 Å². The SMILES string of the molecule is C=C1CC[C@]2(O)[C@]3(C)C[C@]4(O)O[C@@]2([C@@H]1O)[C@]1(O)O[C@@]3(NNC(=O)c2ccccc2)[C@H](OC(=O)c2ccc[nH]2)[C@](O)(C(C)C)[C@@]14C. The number of aliphatic hydroxyl groups is 5. The number of aromatic nitrogens is 1. The van der Waals surface area contributed by atoms with Crippen molar-refractivity contribution in [2.75, 3.05) is 0 Å². The number of ether oxygens (including phenoxy) is 3. The zero-order valence-electron chi connectivity index (χ0n) is 25.5. The summed E-state index contributed by atoms with van der Waals surface area (Å²) in [6.45, 7) is 10.0. The molecule has 5 fully saturated rings. The van der Waals surface area contributed by atoms with Crippen molar-refractivity contribution < 1.29 is 49.3 Å². The Bertz CT molecular complexity index is 1600. The van der Waals surface area contributed by atoms with Crippen molar-refractivity contribution >= 4 is 11.9 Å². The highest BCUT2D eigenvalue weighted by molar-refractivity contribution is 5.93. The van der Waals surface area contributed by atoms with E-state index in [-0.39, 0.29) is 29.7 Å². The van der Waals surface area contributed by atoms with Crippen LogP contribution in [0.5, 0.6) is 0 Å². The zero-order valence-corrected chi connectivity index (χ0v) is 25.5. The molecule has 4 aliphatic heterocycles. The van der Waals surface area contributed by atoms with E-state index in [1.54, 1.807) is 50.2 Å². The van der Waals surface area contributed by atoms with Crippen LogP contribution in [-0.4, -0.2) is 88.7 Å². The smallest absolute Gasteiger partial charge is 0.355 e. The van der Waals surface area contributed by atoms with E-state index < -0.39 is 81.4 Å². The van der Waals surface area contributed by atoms with Gasteiger partial charge in [-0.25, -0.2) is 4.79 Å². The molecule has 13 nitrogen and oxygen atoms in total. The highest BCUT2D eigenvalue weighted by Gasteiger charge is 3.04. The van der Waals surface area contributed by atoms with Crippen LogP contribution in [0.2, 0.25) is 0 Å². The minimum absolute atomic E-state index is 0.0303. The first-order valence-electron chi connectivity index (χ1n) is 15.1. The molecule has 1 saturated carbocycles. The maximum Gasteiger partial charge on any atom is 0.355 e. The number of benzene rings is 1. The molecule has 1 amide bonds. The van der Waals surface area contributed by atoms with E-state index in [1.165, 1.54) is 26.1 Å². The lowest BCUT2D eigenvalue weighted by Gasteiger charge is -2.75. The molecule has 1 aromatic heterocycles. The third-order valence-electron chi connectivity index (χ3n) is 12.0. The molecule has 0 unspecified atom stereocenters. The lowest BCUT2D eigenvalue weighted by Crippen LogP contribution is -2.97. The van der Waals surface area contributed by atoms with Crippen LogP contribution < -0.4 is 10.9 Å². The van der Waals surface area contributed by atoms with Crippen LogP contribution in [0.3, 0.4) is 0 Å². The van der Waals surface area contributed by atoms with Crippen molar-refractivity contribution in [3.63, 3.8) is 0 Å². The lowest BCUT2D eigenvalue weighted by molar-refractivity contribution is -0.521. The molecule has 10 atom stereocenters. The van der Waals surface area contributed by atoms with Crippen LogP contribution >= 0.6 is 0 Å². The van der Waals surface area contributed by atoms with Gasteiger partial charge in [-0.3, -0.25) is 10.2 Å². The largest absolute Gasteiger partial charge is 0.450 e. The average Bonchev–Trinajstić information content (AvgIpc) is 3.57. The second-order valence-electron chi connectivity index (χ2n) is 14.0. The molecule has 7 rings (SSSR count). The third kappa shape index (κ3) is 2.94. The highest BCUT2D eigenvalue weighted by Crippen LogP contribution is 2.84. The number of rotatable bonds is 6. The Morgan fingerprint density at radius 3 is 2.38 bits per heavy atom.